The van der Waals surface area contributed by atoms with Crippen LogP contribution in [0.5, 0.6) is 0 Å². The van der Waals surface area contributed by atoms with Gasteiger partial charge in [-0.25, -0.2) is 9.07 Å². The molecule has 1 atom stereocenters. The van der Waals surface area contributed by atoms with E-state index in [9.17, 15) is 14.0 Å². The molecule has 2 N–H and O–H groups in total. The molecule has 1 aliphatic heterocycles. The summed E-state index contributed by atoms with van der Waals surface area (Å²) < 4.78 is 14.5. The van der Waals surface area contributed by atoms with Gasteiger partial charge in [-0.05, 0) is 25.1 Å². The molecule has 0 spiro atoms. The van der Waals surface area contributed by atoms with Crippen molar-refractivity contribution in [2.24, 2.45) is 0 Å². The first-order valence-electron chi connectivity index (χ1n) is 6.43. The number of hydrogen-bond acceptors (Lipinski definition) is 4. The zero-order valence-corrected chi connectivity index (χ0v) is 12.2. The zero-order chi connectivity index (χ0) is 15.9. The maximum atomic E-state index is 13.1. The van der Waals surface area contributed by atoms with E-state index in [1.165, 1.54) is 16.8 Å². The van der Waals surface area contributed by atoms with Crippen LogP contribution in [-0.2, 0) is 9.59 Å². The molecular formula is C13H11ClFN5O2. The predicted octanol–water partition coefficient (Wildman–Crippen LogP) is 1.90. The van der Waals surface area contributed by atoms with Crippen LogP contribution in [0.3, 0.4) is 0 Å². The SMILES string of the molecule is Cc1nc2n(n1)[C@H](CC(=O)Nc1ccc(F)c(Cl)c1)C(=O)N2. The Morgan fingerprint density at radius 1 is 1.55 bits per heavy atom. The summed E-state index contributed by atoms with van der Waals surface area (Å²) in [5.74, 6) is -0.500. The molecule has 2 amide bonds. The van der Waals surface area contributed by atoms with Crippen LogP contribution in [0.1, 0.15) is 18.3 Å². The van der Waals surface area contributed by atoms with E-state index in [0.717, 1.165) is 6.07 Å². The van der Waals surface area contributed by atoms with Crippen LogP contribution < -0.4 is 10.6 Å². The number of rotatable bonds is 3. The van der Waals surface area contributed by atoms with Crippen molar-refractivity contribution in [2.75, 3.05) is 10.6 Å². The van der Waals surface area contributed by atoms with E-state index in [1.807, 2.05) is 0 Å². The maximum absolute atomic E-state index is 13.1. The number of carbonyl (C=O) groups excluding carboxylic acids is 2. The smallest absolute Gasteiger partial charge is 0.252 e. The number of nitrogens with one attached hydrogen (secondary N) is 2. The molecule has 1 aromatic carbocycles. The summed E-state index contributed by atoms with van der Waals surface area (Å²) in [4.78, 5) is 27.9. The maximum Gasteiger partial charge on any atom is 0.252 e. The van der Waals surface area contributed by atoms with Gasteiger partial charge in [0.1, 0.15) is 17.7 Å². The van der Waals surface area contributed by atoms with Crippen molar-refractivity contribution >= 4 is 35.1 Å². The summed E-state index contributed by atoms with van der Waals surface area (Å²) in [6.45, 7) is 1.69. The number of amides is 2. The highest BCUT2D eigenvalue weighted by molar-refractivity contribution is 6.31. The van der Waals surface area contributed by atoms with Gasteiger partial charge in [-0.2, -0.15) is 10.1 Å². The van der Waals surface area contributed by atoms with Gasteiger partial charge in [0, 0.05) is 5.69 Å². The molecular weight excluding hydrogens is 313 g/mol. The molecule has 0 radical (unpaired) electrons. The Morgan fingerprint density at radius 2 is 2.32 bits per heavy atom. The van der Waals surface area contributed by atoms with Gasteiger partial charge in [0.25, 0.3) is 5.91 Å². The van der Waals surface area contributed by atoms with Gasteiger partial charge >= 0.3 is 0 Å². The quantitative estimate of drug-likeness (QED) is 0.903. The van der Waals surface area contributed by atoms with E-state index < -0.39 is 17.8 Å². The molecule has 0 bridgehead atoms. The molecule has 0 fully saturated rings. The largest absolute Gasteiger partial charge is 0.326 e. The van der Waals surface area contributed by atoms with Gasteiger partial charge < -0.3 is 5.32 Å². The molecule has 9 heteroatoms. The van der Waals surface area contributed by atoms with Crippen molar-refractivity contribution in [3.8, 4) is 0 Å². The summed E-state index contributed by atoms with van der Waals surface area (Å²) in [5.41, 5.74) is 0.352. The summed E-state index contributed by atoms with van der Waals surface area (Å²) in [6, 6.07) is 3.08. The van der Waals surface area contributed by atoms with Crippen LogP contribution in [0.25, 0.3) is 0 Å². The fraction of sp³-hybridized carbons (Fsp3) is 0.231. The van der Waals surface area contributed by atoms with Gasteiger partial charge in [-0.15, -0.1) is 0 Å². The summed E-state index contributed by atoms with van der Waals surface area (Å²) in [6.07, 6.45) is -0.114. The first-order valence-corrected chi connectivity index (χ1v) is 6.81. The molecule has 0 aliphatic carbocycles. The Balaban J connectivity index is 1.71. The van der Waals surface area contributed by atoms with Gasteiger partial charge in [0.15, 0.2) is 0 Å². The number of aromatic nitrogens is 3. The van der Waals surface area contributed by atoms with Gasteiger partial charge in [-0.1, -0.05) is 11.6 Å². The number of aryl methyl sites for hydroxylation is 1. The number of hydrogen-bond donors (Lipinski definition) is 2. The normalized spacial score (nSPS) is 16.3. The Morgan fingerprint density at radius 3 is 3.05 bits per heavy atom. The molecule has 22 heavy (non-hydrogen) atoms. The van der Waals surface area contributed by atoms with E-state index in [-0.39, 0.29) is 17.4 Å². The lowest BCUT2D eigenvalue weighted by molar-refractivity contribution is -0.123. The van der Waals surface area contributed by atoms with Gasteiger partial charge in [0.2, 0.25) is 11.9 Å². The van der Waals surface area contributed by atoms with E-state index in [4.69, 9.17) is 11.6 Å². The Bertz CT molecular complexity index is 776. The molecule has 0 saturated carbocycles. The lowest BCUT2D eigenvalue weighted by Gasteiger charge is -2.10. The summed E-state index contributed by atoms with van der Waals surface area (Å²) in [5, 5.41) is 9.11. The molecule has 0 saturated heterocycles. The highest BCUT2D eigenvalue weighted by atomic mass is 35.5. The predicted molar refractivity (Wildman–Crippen MR) is 77.1 cm³/mol. The van der Waals surface area contributed by atoms with E-state index in [2.05, 4.69) is 20.7 Å². The third-order valence-electron chi connectivity index (χ3n) is 3.15. The molecule has 7 nitrogen and oxygen atoms in total. The second kappa shape index (κ2) is 5.38. The van der Waals surface area contributed by atoms with E-state index in [1.54, 1.807) is 6.92 Å². The van der Waals surface area contributed by atoms with Crippen LogP contribution in [0.2, 0.25) is 5.02 Å². The highest BCUT2D eigenvalue weighted by Gasteiger charge is 2.34. The van der Waals surface area contributed by atoms with E-state index in [0.29, 0.717) is 17.5 Å². The minimum atomic E-state index is -0.757. The van der Waals surface area contributed by atoms with Crippen LogP contribution in [0, 0.1) is 12.7 Å². The average molecular weight is 324 g/mol. The van der Waals surface area contributed by atoms with Crippen molar-refractivity contribution in [3.05, 3.63) is 34.9 Å². The van der Waals surface area contributed by atoms with Crippen LogP contribution in [-0.4, -0.2) is 26.6 Å². The van der Waals surface area contributed by atoms with Crippen LogP contribution in [0.15, 0.2) is 18.2 Å². The number of benzene rings is 1. The highest BCUT2D eigenvalue weighted by Crippen LogP contribution is 2.25. The molecule has 3 rings (SSSR count). The molecule has 0 unspecified atom stereocenters. The van der Waals surface area contributed by atoms with Crippen molar-refractivity contribution in [2.45, 2.75) is 19.4 Å². The third kappa shape index (κ3) is 2.64. The number of fused-ring (bicyclic) bond motifs is 1. The van der Waals surface area contributed by atoms with Crippen molar-refractivity contribution in [1.29, 1.82) is 0 Å². The number of nitrogens with zero attached hydrogens (tertiary/aromatic N) is 3. The van der Waals surface area contributed by atoms with Crippen LogP contribution in [0.4, 0.5) is 16.0 Å². The fourth-order valence-electron chi connectivity index (χ4n) is 2.18. The summed E-state index contributed by atoms with van der Waals surface area (Å²) in [7, 11) is 0. The minimum Gasteiger partial charge on any atom is -0.326 e. The number of halogens is 2. The first kappa shape index (κ1) is 14.5. The lowest BCUT2D eigenvalue weighted by Crippen LogP contribution is -2.23. The van der Waals surface area contributed by atoms with Crippen LogP contribution >= 0.6 is 11.6 Å². The van der Waals surface area contributed by atoms with E-state index >= 15 is 0 Å². The monoisotopic (exact) mass is 323 g/mol. The van der Waals surface area contributed by atoms with Crippen molar-refractivity contribution < 1.29 is 14.0 Å². The van der Waals surface area contributed by atoms with Gasteiger partial charge in [0.05, 0.1) is 11.4 Å². The zero-order valence-electron chi connectivity index (χ0n) is 11.4. The molecule has 2 heterocycles. The molecule has 2 aromatic rings. The van der Waals surface area contributed by atoms with Crippen molar-refractivity contribution in [3.63, 3.8) is 0 Å². The average Bonchev–Trinajstić information content (AvgIpc) is 2.92. The topological polar surface area (TPSA) is 88.9 Å². The minimum absolute atomic E-state index is 0.0920. The second-order valence-electron chi connectivity index (χ2n) is 4.81. The molecule has 1 aromatic heterocycles. The first-order chi connectivity index (χ1) is 10.4. The Labute approximate surface area is 129 Å². The number of carbonyl (C=O) groups is 2. The Hall–Kier alpha value is -2.48. The second-order valence-corrected chi connectivity index (χ2v) is 5.22. The fourth-order valence-corrected chi connectivity index (χ4v) is 2.36. The van der Waals surface area contributed by atoms with Gasteiger partial charge in [-0.3, -0.25) is 14.9 Å². The lowest BCUT2D eigenvalue weighted by atomic mass is 10.2. The summed E-state index contributed by atoms with van der Waals surface area (Å²) >= 11 is 5.65. The Kier molecular flexibility index (Phi) is 3.53. The number of anilines is 2. The molecule has 114 valence electrons. The third-order valence-corrected chi connectivity index (χ3v) is 3.44. The van der Waals surface area contributed by atoms with Crippen molar-refractivity contribution in [1.82, 2.24) is 14.8 Å². The standard InChI is InChI=1S/C13H11ClFN5O2/c1-6-16-13-18-12(22)10(20(13)19-6)5-11(21)17-7-2-3-9(15)8(14)4-7/h2-4,10H,5H2,1H3,(H,17,21)(H,16,18,19,22)/t10-/m1/s1. The molecule has 1 aliphatic rings.